The number of hydrogen-bond acceptors (Lipinski definition) is 13. The summed E-state index contributed by atoms with van der Waals surface area (Å²) in [6.07, 6.45) is -10.4. The van der Waals surface area contributed by atoms with Gasteiger partial charge in [-0.15, -0.1) is 0 Å². The Bertz CT molecular complexity index is 452. The summed E-state index contributed by atoms with van der Waals surface area (Å²) in [6, 6.07) is 0. The van der Waals surface area contributed by atoms with E-state index in [2.05, 4.69) is 0 Å². The van der Waals surface area contributed by atoms with Gasteiger partial charge in [0.2, 0.25) is 0 Å². The van der Waals surface area contributed by atoms with E-state index in [0.717, 1.165) is 0 Å². The third kappa shape index (κ3) is 17.6. The van der Waals surface area contributed by atoms with E-state index in [1.807, 2.05) is 0 Å². The van der Waals surface area contributed by atoms with Crippen LogP contribution in [0.4, 0.5) is 0 Å². The summed E-state index contributed by atoms with van der Waals surface area (Å²) in [7, 11) is -4.64. The lowest BCUT2D eigenvalue weighted by Gasteiger charge is -2.19. The normalized spacial score (nSPS) is 17.3. The monoisotopic (exact) mass is 458 g/mol. The van der Waals surface area contributed by atoms with Crippen molar-refractivity contribution in [2.24, 2.45) is 0 Å². The predicted octanol–water partition coefficient (Wildman–Crippen LogP) is -7.68. The minimum absolute atomic E-state index is 0.767. The van der Waals surface area contributed by atoms with Crippen LogP contribution in [-0.2, 0) is 14.2 Å². The summed E-state index contributed by atoms with van der Waals surface area (Å²) < 4.78 is 8.88. The van der Waals surface area contributed by atoms with Gasteiger partial charge in [-0.2, -0.15) is 0 Å². The zero-order chi connectivity index (χ0) is 23.9. The molecular formula is C12H27O16P. The van der Waals surface area contributed by atoms with Gasteiger partial charge in [0, 0.05) is 0 Å². The van der Waals surface area contributed by atoms with Crippen LogP contribution in [0.25, 0.3) is 0 Å². The van der Waals surface area contributed by atoms with Crippen molar-refractivity contribution in [2.45, 2.75) is 36.6 Å². The van der Waals surface area contributed by atoms with Gasteiger partial charge in [0.05, 0.1) is 13.2 Å². The SMILES string of the molecule is O=C(CO)C(O)C(O)C(O)CO.O=C(CO)C(O)C(O)C(O)CO.O=P(O)(O)O. The highest BCUT2D eigenvalue weighted by molar-refractivity contribution is 7.45. The van der Waals surface area contributed by atoms with E-state index in [1.54, 1.807) is 0 Å². The Morgan fingerprint density at radius 3 is 0.966 bits per heavy atom. The highest BCUT2D eigenvalue weighted by atomic mass is 31.2. The zero-order valence-corrected chi connectivity index (χ0v) is 15.7. The predicted molar refractivity (Wildman–Crippen MR) is 88.7 cm³/mol. The fraction of sp³-hybridized carbons (Fsp3) is 0.833. The fourth-order valence-electron chi connectivity index (χ4n) is 1.20. The molecule has 0 saturated carbocycles. The molecule has 0 aromatic rings. The highest BCUT2D eigenvalue weighted by Gasteiger charge is 2.29. The standard InChI is InChI=1S/2C6H12O6.H3O4P/c2*7-1-3(9)5(11)6(12)4(10)2-8;1-5(2,3)4/h2*3,5-9,11-12H,1-2H2;(H3,1,2,3,4). The molecule has 0 spiro atoms. The summed E-state index contributed by atoms with van der Waals surface area (Å²) >= 11 is 0. The number of hydrogen-bond donors (Lipinski definition) is 13. The van der Waals surface area contributed by atoms with Crippen molar-refractivity contribution in [3.8, 4) is 0 Å². The van der Waals surface area contributed by atoms with Gasteiger partial charge in [0.15, 0.2) is 11.6 Å². The molecule has 0 heterocycles. The molecule has 0 rings (SSSR count). The van der Waals surface area contributed by atoms with E-state index in [4.69, 9.17) is 70.3 Å². The second-order valence-corrected chi connectivity index (χ2v) is 6.16. The quantitative estimate of drug-likeness (QED) is 0.135. The molecular weight excluding hydrogens is 431 g/mol. The first-order valence-electron chi connectivity index (χ1n) is 7.44. The lowest BCUT2D eigenvalue weighted by atomic mass is 10.1. The molecule has 0 aromatic heterocycles. The molecule has 0 amide bonds. The highest BCUT2D eigenvalue weighted by Crippen LogP contribution is 2.25. The molecule has 29 heavy (non-hydrogen) atoms. The summed E-state index contributed by atoms with van der Waals surface area (Å²) in [5.41, 5.74) is 0. The van der Waals surface area contributed by atoms with Gasteiger partial charge in [-0.1, -0.05) is 0 Å². The van der Waals surface area contributed by atoms with E-state index >= 15 is 0 Å². The van der Waals surface area contributed by atoms with Crippen molar-refractivity contribution in [1.82, 2.24) is 0 Å². The van der Waals surface area contributed by atoms with Gasteiger partial charge in [-0.25, -0.2) is 4.57 Å². The third-order valence-corrected chi connectivity index (χ3v) is 2.78. The van der Waals surface area contributed by atoms with Gasteiger partial charge in [0.1, 0.15) is 49.8 Å². The van der Waals surface area contributed by atoms with Crippen molar-refractivity contribution < 1.29 is 79.9 Å². The molecule has 16 nitrogen and oxygen atoms in total. The van der Waals surface area contributed by atoms with E-state index in [-0.39, 0.29) is 0 Å². The average Bonchev–Trinajstić information content (AvgIpc) is 2.67. The number of carbonyl (C=O) groups excluding carboxylic acids is 2. The van der Waals surface area contributed by atoms with Crippen LogP contribution in [0.1, 0.15) is 0 Å². The largest absolute Gasteiger partial charge is 0.466 e. The molecule has 6 unspecified atom stereocenters. The van der Waals surface area contributed by atoms with Crippen molar-refractivity contribution in [1.29, 1.82) is 0 Å². The molecule has 0 fully saturated rings. The van der Waals surface area contributed by atoms with E-state index in [1.165, 1.54) is 0 Å². The Kier molecular flexibility index (Phi) is 19.0. The Balaban J connectivity index is -0.000000380. The second kappa shape index (κ2) is 16.8. The molecule has 17 heteroatoms. The van der Waals surface area contributed by atoms with Gasteiger partial charge < -0.3 is 65.7 Å². The molecule has 0 saturated heterocycles. The maximum Gasteiger partial charge on any atom is 0.466 e. The van der Waals surface area contributed by atoms with Crippen LogP contribution in [0.3, 0.4) is 0 Å². The van der Waals surface area contributed by atoms with Gasteiger partial charge in [-0.05, 0) is 0 Å². The number of carbonyl (C=O) groups is 2. The number of rotatable bonds is 10. The summed E-state index contributed by atoms with van der Waals surface area (Å²) in [5, 5.41) is 86.1. The molecule has 6 atom stereocenters. The van der Waals surface area contributed by atoms with Crippen molar-refractivity contribution >= 4 is 19.4 Å². The first-order valence-corrected chi connectivity index (χ1v) is 9.00. The van der Waals surface area contributed by atoms with Crippen LogP contribution in [-0.4, -0.2) is 140 Å². The third-order valence-electron chi connectivity index (χ3n) is 2.78. The Morgan fingerprint density at radius 1 is 0.621 bits per heavy atom. The number of ketones is 2. The molecule has 0 radical (unpaired) electrons. The maximum absolute atomic E-state index is 10.5. The van der Waals surface area contributed by atoms with E-state index in [9.17, 15) is 9.59 Å². The van der Waals surface area contributed by atoms with Crippen LogP contribution in [0, 0.1) is 0 Å². The molecule has 13 N–H and O–H groups in total. The molecule has 0 aromatic carbocycles. The van der Waals surface area contributed by atoms with Gasteiger partial charge in [0.25, 0.3) is 0 Å². The Morgan fingerprint density at radius 2 is 0.828 bits per heavy atom. The average molecular weight is 458 g/mol. The summed E-state index contributed by atoms with van der Waals surface area (Å²) in [6.45, 7) is -3.37. The maximum atomic E-state index is 10.5. The molecule has 0 aliphatic heterocycles. The van der Waals surface area contributed by atoms with Gasteiger partial charge in [-0.3, -0.25) is 9.59 Å². The van der Waals surface area contributed by atoms with Crippen LogP contribution < -0.4 is 0 Å². The lowest BCUT2D eigenvalue weighted by molar-refractivity contribution is -0.143. The first kappa shape index (κ1) is 32.7. The van der Waals surface area contributed by atoms with Crippen LogP contribution in [0.15, 0.2) is 0 Å². The molecule has 0 aliphatic rings. The minimum Gasteiger partial charge on any atom is -0.394 e. The zero-order valence-electron chi connectivity index (χ0n) is 14.8. The number of aliphatic hydroxyl groups excluding tert-OH is 10. The smallest absolute Gasteiger partial charge is 0.394 e. The Hall–Kier alpha value is -0.950. The number of aliphatic hydroxyl groups is 10. The summed E-state index contributed by atoms with van der Waals surface area (Å²) in [5.74, 6) is -2.01. The second-order valence-electron chi connectivity index (χ2n) is 5.13. The van der Waals surface area contributed by atoms with Crippen LogP contribution in [0.5, 0.6) is 0 Å². The molecule has 0 bridgehead atoms. The topological polar surface area (TPSA) is 314 Å². The van der Waals surface area contributed by atoms with Crippen molar-refractivity contribution in [3.05, 3.63) is 0 Å². The minimum atomic E-state index is -4.64. The van der Waals surface area contributed by atoms with Crippen LogP contribution in [0.2, 0.25) is 0 Å². The number of Topliss-reactive ketones (excluding diaryl/α,β-unsaturated/α-hetero) is 2. The van der Waals surface area contributed by atoms with Crippen molar-refractivity contribution in [3.63, 3.8) is 0 Å². The first-order chi connectivity index (χ1) is 13.1. The van der Waals surface area contributed by atoms with Gasteiger partial charge >= 0.3 is 7.82 Å². The fourth-order valence-corrected chi connectivity index (χ4v) is 1.20. The molecule has 176 valence electrons. The van der Waals surface area contributed by atoms with Crippen LogP contribution >= 0.6 is 7.82 Å². The lowest BCUT2D eigenvalue weighted by Crippen LogP contribution is -2.44. The summed E-state index contributed by atoms with van der Waals surface area (Å²) in [4.78, 5) is 42.6. The van der Waals surface area contributed by atoms with Crippen molar-refractivity contribution in [2.75, 3.05) is 26.4 Å². The molecule has 0 aliphatic carbocycles. The van der Waals surface area contributed by atoms with E-state index in [0.29, 0.717) is 0 Å². The number of phosphoric acid groups is 1. The Labute approximate surface area is 163 Å². The van der Waals surface area contributed by atoms with E-state index < -0.39 is 82.4 Å².